The Morgan fingerprint density at radius 2 is 1.83 bits per heavy atom. The van der Waals surface area contributed by atoms with Crippen LogP contribution in [0.4, 0.5) is 11.4 Å². The van der Waals surface area contributed by atoms with E-state index >= 15 is 0 Å². The second-order valence-electron chi connectivity index (χ2n) is 5.05. The smallest absolute Gasteiger partial charge is 0.226 e. The molecule has 0 radical (unpaired) electrons. The summed E-state index contributed by atoms with van der Waals surface area (Å²) in [5.74, 6) is -0.129. The highest BCUT2D eigenvalue weighted by Crippen LogP contribution is 2.11. The molecule has 23 heavy (non-hydrogen) atoms. The van der Waals surface area contributed by atoms with E-state index in [1.165, 1.54) is 6.92 Å². The lowest BCUT2D eigenvalue weighted by atomic mass is 10.1. The fourth-order valence-electron chi connectivity index (χ4n) is 2.03. The molecule has 0 heterocycles. The summed E-state index contributed by atoms with van der Waals surface area (Å²) in [5.41, 5.74) is 2.65. The molecule has 0 atom stereocenters. The monoisotopic (exact) mass is 307 g/mol. The highest BCUT2D eigenvalue weighted by Gasteiger charge is 2.04. The van der Waals surface area contributed by atoms with E-state index in [-0.39, 0.29) is 11.7 Å². The van der Waals surface area contributed by atoms with Gasteiger partial charge in [-0.3, -0.25) is 9.59 Å². The SMILES string of the molecule is CC(=O)c1ccc(NC(=O)CCNc2cccc(C#N)c2)cc1. The summed E-state index contributed by atoms with van der Waals surface area (Å²) in [4.78, 5) is 23.1. The van der Waals surface area contributed by atoms with E-state index in [9.17, 15) is 9.59 Å². The van der Waals surface area contributed by atoms with Crippen LogP contribution < -0.4 is 10.6 Å². The lowest BCUT2D eigenvalue weighted by Gasteiger charge is -2.08. The summed E-state index contributed by atoms with van der Waals surface area (Å²) < 4.78 is 0. The van der Waals surface area contributed by atoms with Crippen molar-refractivity contribution in [3.8, 4) is 6.07 Å². The number of hydrogen-bond acceptors (Lipinski definition) is 4. The van der Waals surface area contributed by atoms with Crippen molar-refractivity contribution in [3.05, 3.63) is 59.7 Å². The van der Waals surface area contributed by atoms with Gasteiger partial charge in [-0.25, -0.2) is 0 Å². The summed E-state index contributed by atoms with van der Waals surface area (Å²) in [6.45, 7) is 1.97. The third-order valence-electron chi connectivity index (χ3n) is 3.25. The molecule has 2 N–H and O–H groups in total. The van der Waals surface area contributed by atoms with Crippen LogP contribution in [0.25, 0.3) is 0 Å². The van der Waals surface area contributed by atoms with E-state index in [4.69, 9.17) is 5.26 Å². The Bertz CT molecular complexity index is 746. The first kappa shape index (κ1) is 16.2. The fourth-order valence-corrected chi connectivity index (χ4v) is 2.03. The summed E-state index contributed by atoms with van der Waals surface area (Å²) in [5, 5.41) is 14.7. The van der Waals surface area contributed by atoms with Crippen molar-refractivity contribution in [2.75, 3.05) is 17.2 Å². The Hall–Kier alpha value is -3.13. The van der Waals surface area contributed by atoms with Crippen LogP contribution >= 0.6 is 0 Å². The number of anilines is 2. The standard InChI is InChI=1S/C18H17N3O2/c1-13(22)15-5-7-16(8-6-15)21-18(23)9-10-20-17-4-2-3-14(11-17)12-19/h2-8,11,20H,9-10H2,1H3,(H,21,23). The zero-order chi connectivity index (χ0) is 16.7. The minimum absolute atomic E-state index is 0.00771. The number of Topliss-reactive ketones (excluding diaryl/α,β-unsaturated/α-hetero) is 1. The van der Waals surface area contributed by atoms with Crippen LogP contribution in [0.3, 0.4) is 0 Å². The first-order valence-corrected chi connectivity index (χ1v) is 7.23. The van der Waals surface area contributed by atoms with Crippen LogP contribution in [-0.4, -0.2) is 18.2 Å². The quantitative estimate of drug-likeness (QED) is 0.803. The molecule has 5 nitrogen and oxygen atoms in total. The molecule has 0 aliphatic heterocycles. The molecule has 116 valence electrons. The van der Waals surface area contributed by atoms with Crippen LogP contribution in [0.5, 0.6) is 0 Å². The number of rotatable bonds is 6. The van der Waals surface area contributed by atoms with E-state index in [1.807, 2.05) is 6.07 Å². The van der Waals surface area contributed by atoms with Crippen molar-refractivity contribution in [2.24, 2.45) is 0 Å². The summed E-state index contributed by atoms with van der Waals surface area (Å²) in [6.07, 6.45) is 0.297. The zero-order valence-corrected chi connectivity index (χ0v) is 12.8. The number of carbonyl (C=O) groups excluding carboxylic acids is 2. The molecule has 2 rings (SSSR count). The van der Waals surface area contributed by atoms with Crippen LogP contribution in [0, 0.1) is 11.3 Å². The van der Waals surface area contributed by atoms with Crippen LogP contribution in [0.1, 0.15) is 29.3 Å². The Morgan fingerprint density at radius 3 is 2.48 bits per heavy atom. The topological polar surface area (TPSA) is 82.0 Å². The molecule has 0 aliphatic carbocycles. The van der Waals surface area contributed by atoms with Gasteiger partial charge in [-0.1, -0.05) is 6.07 Å². The minimum Gasteiger partial charge on any atom is -0.384 e. The second kappa shape index (κ2) is 7.76. The first-order chi connectivity index (χ1) is 11.1. The molecule has 0 unspecified atom stereocenters. The van der Waals surface area contributed by atoms with E-state index in [2.05, 4.69) is 16.7 Å². The van der Waals surface area contributed by atoms with Gasteiger partial charge in [0.25, 0.3) is 0 Å². The Morgan fingerprint density at radius 1 is 1.09 bits per heavy atom. The molecule has 2 aromatic rings. The lowest BCUT2D eigenvalue weighted by Crippen LogP contribution is -2.16. The van der Waals surface area contributed by atoms with Gasteiger partial charge in [0.15, 0.2) is 5.78 Å². The van der Waals surface area contributed by atoms with Gasteiger partial charge in [-0.2, -0.15) is 5.26 Å². The van der Waals surface area contributed by atoms with Crippen molar-refractivity contribution in [1.82, 2.24) is 0 Å². The molecular formula is C18H17N3O2. The van der Waals surface area contributed by atoms with Gasteiger partial charge in [0.1, 0.15) is 0 Å². The normalized spacial score (nSPS) is 9.74. The molecule has 5 heteroatoms. The second-order valence-corrected chi connectivity index (χ2v) is 5.05. The maximum atomic E-state index is 11.9. The molecule has 0 fully saturated rings. The molecule has 0 aliphatic rings. The predicted molar refractivity (Wildman–Crippen MR) is 89.3 cm³/mol. The molecule has 1 amide bonds. The van der Waals surface area contributed by atoms with Gasteiger partial charge < -0.3 is 10.6 Å². The first-order valence-electron chi connectivity index (χ1n) is 7.23. The summed E-state index contributed by atoms with van der Waals surface area (Å²) in [7, 11) is 0. The Balaban J connectivity index is 1.81. The molecule has 0 bridgehead atoms. The van der Waals surface area contributed by atoms with E-state index in [0.29, 0.717) is 29.8 Å². The van der Waals surface area contributed by atoms with E-state index in [0.717, 1.165) is 5.69 Å². The molecule has 0 spiro atoms. The summed E-state index contributed by atoms with van der Waals surface area (Å²) >= 11 is 0. The van der Waals surface area contributed by atoms with Crippen molar-refractivity contribution in [3.63, 3.8) is 0 Å². The zero-order valence-electron chi connectivity index (χ0n) is 12.8. The maximum absolute atomic E-state index is 11.9. The largest absolute Gasteiger partial charge is 0.384 e. The summed E-state index contributed by atoms with van der Waals surface area (Å²) in [6, 6.07) is 15.9. The van der Waals surface area contributed by atoms with Crippen molar-refractivity contribution in [2.45, 2.75) is 13.3 Å². The number of benzene rings is 2. The van der Waals surface area contributed by atoms with E-state index < -0.39 is 0 Å². The van der Waals surface area contributed by atoms with Crippen LogP contribution in [0.15, 0.2) is 48.5 Å². The number of amides is 1. The maximum Gasteiger partial charge on any atom is 0.226 e. The number of hydrogen-bond donors (Lipinski definition) is 2. The third kappa shape index (κ3) is 4.97. The Kier molecular flexibility index (Phi) is 5.48. The van der Waals surface area contributed by atoms with Crippen LogP contribution in [0.2, 0.25) is 0 Å². The number of nitrogens with zero attached hydrogens (tertiary/aromatic N) is 1. The van der Waals surface area contributed by atoms with Crippen molar-refractivity contribution >= 4 is 23.1 Å². The molecule has 0 saturated carbocycles. The number of nitrogens with one attached hydrogen (secondary N) is 2. The van der Waals surface area contributed by atoms with Gasteiger partial charge >= 0.3 is 0 Å². The fraction of sp³-hybridized carbons (Fsp3) is 0.167. The highest BCUT2D eigenvalue weighted by atomic mass is 16.1. The molecule has 0 saturated heterocycles. The van der Waals surface area contributed by atoms with Crippen molar-refractivity contribution < 1.29 is 9.59 Å². The number of carbonyl (C=O) groups is 2. The molecule has 0 aromatic heterocycles. The highest BCUT2D eigenvalue weighted by molar-refractivity contribution is 5.95. The van der Waals surface area contributed by atoms with Crippen molar-refractivity contribution in [1.29, 1.82) is 5.26 Å². The average molecular weight is 307 g/mol. The Labute approximate surface area is 134 Å². The predicted octanol–water partition coefficient (Wildman–Crippen LogP) is 3.20. The third-order valence-corrected chi connectivity index (χ3v) is 3.25. The molecular weight excluding hydrogens is 290 g/mol. The van der Waals surface area contributed by atoms with Gasteiger partial charge in [0, 0.05) is 29.9 Å². The number of nitriles is 1. The van der Waals surface area contributed by atoms with Gasteiger partial charge in [-0.15, -0.1) is 0 Å². The average Bonchev–Trinajstić information content (AvgIpc) is 2.55. The lowest BCUT2D eigenvalue weighted by molar-refractivity contribution is -0.115. The number of ketones is 1. The van der Waals surface area contributed by atoms with Gasteiger partial charge in [0.05, 0.1) is 11.6 Å². The van der Waals surface area contributed by atoms with Crippen LogP contribution in [-0.2, 0) is 4.79 Å². The van der Waals surface area contributed by atoms with E-state index in [1.54, 1.807) is 42.5 Å². The van der Waals surface area contributed by atoms with Gasteiger partial charge in [-0.05, 0) is 49.4 Å². The molecule has 2 aromatic carbocycles. The van der Waals surface area contributed by atoms with Gasteiger partial charge in [0.2, 0.25) is 5.91 Å². The minimum atomic E-state index is -0.121.